The molecule has 4 amide bonds. The van der Waals surface area contributed by atoms with Crippen LogP contribution in [0, 0.1) is 0 Å². The summed E-state index contributed by atoms with van der Waals surface area (Å²) in [6, 6.07) is 15.2. The third-order valence-electron chi connectivity index (χ3n) is 7.20. The molecule has 5 rings (SSSR count). The predicted octanol–water partition coefficient (Wildman–Crippen LogP) is 2.68. The van der Waals surface area contributed by atoms with Crippen molar-refractivity contribution in [2.75, 3.05) is 38.0 Å². The van der Waals surface area contributed by atoms with Crippen LogP contribution in [0.4, 0.5) is 10.5 Å². The number of piperidine rings is 1. The molecule has 0 aromatic heterocycles. The van der Waals surface area contributed by atoms with Crippen molar-refractivity contribution in [2.24, 2.45) is 0 Å². The minimum absolute atomic E-state index is 0.0390. The number of amides is 4. The van der Waals surface area contributed by atoms with Crippen LogP contribution in [-0.2, 0) is 16.1 Å². The Labute approximate surface area is 222 Å². The second-order valence-electron chi connectivity index (χ2n) is 11.1. The molecule has 38 heavy (non-hydrogen) atoms. The van der Waals surface area contributed by atoms with E-state index < -0.39 is 5.54 Å². The number of para-hydroxylation sites is 1. The first kappa shape index (κ1) is 25.7. The average molecular weight is 522 g/mol. The van der Waals surface area contributed by atoms with Gasteiger partial charge in [-0.25, -0.2) is 4.79 Å². The van der Waals surface area contributed by atoms with E-state index in [1.165, 1.54) is 0 Å². The Morgan fingerprint density at radius 3 is 2.42 bits per heavy atom. The summed E-state index contributed by atoms with van der Waals surface area (Å²) in [4.78, 5) is 45.0. The monoisotopic (exact) mass is 521 g/mol. The van der Waals surface area contributed by atoms with Crippen LogP contribution in [-0.4, -0.2) is 71.8 Å². The number of likely N-dealkylation sites (tertiary alicyclic amines) is 1. The van der Waals surface area contributed by atoms with Crippen molar-refractivity contribution in [1.29, 1.82) is 0 Å². The molecule has 0 unspecified atom stereocenters. The van der Waals surface area contributed by atoms with Gasteiger partial charge in [0, 0.05) is 30.9 Å². The van der Waals surface area contributed by atoms with Crippen LogP contribution in [0.1, 0.15) is 39.2 Å². The molecule has 0 bridgehead atoms. The van der Waals surface area contributed by atoms with Gasteiger partial charge < -0.3 is 34.8 Å². The van der Waals surface area contributed by atoms with Crippen LogP contribution in [0.3, 0.4) is 0 Å². The van der Waals surface area contributed by atoms with Crippen LogP contribution >= 0.6 is 0 Å². The highest BCUT2D eigenvalue weighted by atomic mass is 16.7. The third kappa shape index (κ3) is 5.20. The van der Waals surface area contributed by atoms with E-state index in [9.17, 15) is 14.4 Å². The van der Waals surface area contributed by atoms with Gasteiger partial charge in [-0.2, -0.15) is 0 Å². The summed E-state index contributed by atoms with van der Waals surface area (Å²) < 4.78 is 10.7. The molecular formula is C28H35N5O5. The first-order chi connectivity index (χ1) is 18.1. The molecule has 2 N–H and O–H groups in total. The fourth-order valence-corrected chi connectivity index (χ4v) is 5.28. The lowest BCUT2D eigenvalue weighted by molar-refractivity contribution is -0.137. The predicted molar refractivity (Wildman–Crippen MR) is 142 cm³/mol. The van der Waals surface area contributed by atoms with Gasteiger partial charge in [0.15, 0.2) is 11.5 Å². The maximum Gasteiger partial charge on any atom is 0.317 e. The molecule has 202 valence electrons. The van der Waals surface area contributed by atoms with Gasteiger partial charge in [0.05, 0.1) is 6.67 Å². The fourth-order valence-electron chi connectivity index (χ4n) is 5.28. The molecule has 2 aromatic rings. The maximum atomic E-state index is 13.9. The number of hydrogen-bond acceptors (Lipinski definition) is 6. The fraction of sp³-hybridized carbons (Fsp3) is 0.464. The van der Waals surface area contributed by atoms with Crippen molar-refractivity contribution in [3.05, 3.63) is 54.1 Å². The van der Waals surface area contributed by atoms with Gasteiger partial charge in [-0.15, -0.1) is 0 Å². The summed E-state index contributed by atoms with van der Waals surface area (Å²) in [5.74, 6) is 1.05. The lowest BCUT2D eigenvalue weighted by Gasteiger charge is -2.43. The number of benzene rings is 2. The molecule has 3 aliphatic rings. The first-order valence-electron chi connectivity index (χ1n) is 13.0. The molecule has 3 heterocycles. The number of hydrogen-bond donors (Lipinski definition) is 2. The molecule has 2 fully saturated rings. The van der Waals surface area contributed by atoms with E-state index in [0.29, 0.717) is 50.6 Å². The molecule has 3 aliphatic heterocycles. The van der Waals surface area contributed by atoms with Crippen LogP contribution in [0.5, 0.6) is 11.5 Å². The third-order valence-corrected chi connectivity index (χ3v) is 7.20. The SMILES string of the molecule is CC(C)(C)NC(=O)N1CCC2(CC1)C(=O)N(CC(=O)NCc1ccc3c(c1)OCO3)CN2c1ccccc1. The first-order valence-corrected chi connectivity index (χ1v) is 13.0. The van der Waals surface area contributed by atoms with Gasteiger partial charge in [0.25, 0.3) is 5.91 Å². The second-order valence-corrected chi connectivity index (χ2v) is 11.1. The zero-order chi connectivity index (χ0) is 26.9. The number of ether oxygens (including phenoxy) is 2. The summed E-state index contributed by atoms with van der Waals surface area (Å²) >= 11 is 0. The molecule has 0 radical (unpaired) electrons. The summed E-state index contributed by atoms with van der Waals surface area (Å²) in [5, 5.41) is 5.93. The van der Waals surface area contributed by atoms with Crippen molar-refractivity contribution in [3.8, 4) is 11.5 Å². The van der Waals surface area contributed by atoms with Crippen molar-refractivity contribution >= 4 is 23.5 Å². The van der Waals surface area contributed by atoms with Gasteiger partial charge in [0.2, 0.25) is 12.7 Å². The number of urea groups is 1. The standard InChI is InChI=1S/C28H35N5O5/c1-27(2,3)30-26(36)31-13-11-28(12-14-31)25(35)32(18-33(28)21-7-5-4-6-8-21)17-24(34)29-16-20-9-10-22-23(15-20)38-19-37-22/h4-10,15H,11-14,16-19H2,1-3H3,(H,29,34)(H,30,36). The zero-order valence-electron chi connectivity index (χ0n) is 22.2. The van der Waals surface area contributed by atoms with E-state index in [0.717, 1.165) is 11.3 Å². The van der Waals surface area contributed by atoms with Crippen LogP contribution in [0.15, 0.2) is 48.5 Å². The highest BCUT2D eigenvalue weighted by Crippen LogP contribution is 2.39. The Balaban J connectivity index is 1.26. The number of nitrogens with zero attached hydrogens (tertiary/aromatic N) is 3. The number of fused-ring (bicyclic) bond motifs is 1. The highest BCUT2D eigenvalue weighted by Gasteiger charge is 2.54. The molecule has 10 nitrogen and oxygen atoms in total. The smallest absolute Gasteiger partial charge is 0.317 e. The largest absolute Gasteiger partial charge is 0.454 e. The minimum atomic E-state index is -0.794. The lowest BCUT2D eigenvalue weighted by atomic mass is 9.85. The average Bonchev–Trinajstić information content (AvgIpc) is 3.46. The molecule has 1 spiro atoms. The van der Waals surface area contributed by atoms with E-state index in [1.54, 1.807) is 9.80 Å². The Morgan fingerprint density at radius 1 is 1.00 bits per heavy atom. The maximum absolute atomic E-state index is 13.9. The molecule has 2 saturated heterocycles. The van der Waals surface area contributed by atoms with Gasteiger partial charge in [-0.05, 0) is 63.4 Å². The lowest BCUT2D eigenvalue weighted by Crippen LogP contribution is -2.59. The number of carbonyl (C=O) groups is 3. The van der Waals surface area contributed by atoms with Crippen molar-refractivity contribution < 1.29 is 23.9 Å². The summed E-state index contributed by atoms with van der Waals surface area (Å²) in [7, 11) is 0. The zero-order valence-corrected chi connectivity index (χ0v) is 22.2. The Morgan fingerprint density at radius 2 is 1.71 bits per heavy atom. The Kier molecular flexibility index (Phi) is 6.81. The van der Waals surface area contributed by atoms with E-state index in [4.69, 9.17) is 9.47 Å². The van der Waals surface area contributed by atoms with Crippen molar-refractivity contribution in [2.45, 2.75) is 51.2 Å². The Hall–Kier alpha value is -3.95. The summed E-state index contributed by atoms with van der Waals surface area (Å²) in [6.07, 6.45) is 0.987. The highest BCUT2D eigenvalue weighted by molar-refractivity contribution is 5.96. The number of rotatable bonds is 5. The molecule has 0 atom stereocenters. The topological polar surface area (TPSA) is 103 Å². The van der Waals surface area contributed by atoms with E-state index in [2.05, 4.69) is 15.5 Å². The van der Waals surface area contributed by atoms with Crippen LogP contribution in [0.25, 0.3) is 0 Å². The van der Waals surface area contributed by atoms with Gasteiger partial charge >= 0.3 is 6.03 Å². The molecular weight excluding hydrogens is 486 g/mol. The van der Waals surface area contributed by atoms with Crippen molar-refractivity contribution in [1.82, 2.24) is 20.4 Å². The molecule has 0 aliphatic carbocycles. The number of nitrogens with one attached hydrogen (secondary N) is 2. The normalized spacial score (nSPS) is 18.2. The number of anilines is 1. The molecule has 2 aromatic carbocycles. The minimum Gasteiger partial charge on any atom is -0.454 e. The van der Waals surface area contributed by atoms with Crippen LogP contribution < -0.4 is 25.0 Å². The van der Waals surface area contributed by atoms with E-state index in [1.807, 2.05) is 69.3 Å². The van der Waals surface area contributed by atoms with E-state index in [-0.39, 0.29) is 36.7 Å². The van der Waals surface area contributed by atoms with Gasteiger partial charge in [-0.1, -0.05) is 24.3 Å². The van der Waals surface area contributed by atoms with Gasteiger partial charge in [-0.3, -0.25) is 9.59 Å². The number of carbonyl (C=O) groups excluding carboxylic acids is 3. The second kappa shape index (κ2) is 10.1. The summed E-state index contributed by atoms with van der Waals surface area (Å²) in [5.41, 5.74) is 0.684. The molecule has 0 saturated carbocycles. The quantitative estimate of drug-likeness (QED) is 0.627. The van der Waals surface area contributed by atoms with Gasteiger partial charge in [0.1, 0.15) is 12.1 Å². The molecule has 10 heteroatoms. The Bertz CT molecular complexity index is 1200. The summed E-state index contributed by atoms with van der Waals surface area (Å²) in [6.45, 7) is 7.56. The van der Waals surface area contributed by atoms with Crippen LogP contribution in [0.2, 0.25) is 0 Å². The van der Waals surface area contributed by atoms with E-state index >= 15 is 0 Å². The van der Waals surface area contributed by atoms with Crippen molar-refractivity contribution in [3.63, 3.8) is 0 Å².